The molecule has 94 valence electrons. The van der Waals surface area contributed by atoms with E-state index in [9.17, 15) is 4.79 Å². The average Bonchev–Trinajstić information content (AvgIpc) is 2.19. The molecule has 1 aromatic carbocycles. The van der Waals surface area contributed by atoms with Crippen LogP contribution < -0.4 is 0 Å². The normalized spacial score (nSPS) is 11.2. The molecule has 0 aliphatic heterocycles. The minimum absolute atomic E-state index is 0.0553. The number of carboxylic acid groups (broad SMARTS) is 1. The van der Waals surface area contributed by atoms with Crippen molar-refractivity contribution in [1.29, 1.82) is 0 Å². The van der Waals surface area contributed by atoms with Crippen LogP contribution in [0.4, 0.5) is 0 Å². The maximum absolute atomic E-state index is 10.8. The highest BCUT2D eigenvalue weighted by molar-refractivity contribution is 6.30. The van der Waals surface area contributed by atoms with Crippen LogP contribution >= 0.6 is 11.6 Å². The van der Waals surface area contributed by atoms with E-state index in [1.165, 1.54) is 0 Å². The predicted molar refractivity (Wildman–Crippen MR) is 69.4 cm³/mol. The summed E-state index contributed by atoms with van der Waals surface area (Å²) in [5, 5.41) is 9.57. The monoisotopic (exact) mass is 255 g/mol. The first-order valence-corrected chi connectivity index (χ1v) is 5.99. The third-order valence-electron chi connectivity index (χ3n) is 2.75. The van der Waals surface area contributed by atoms with E-state index in [0.29, 0.717) is 11.6 Å². The quantitative estimate of drug-likeness (QED) is 0.880. The molecule has 0 heterocycles. The Bertz CT molecular complexity index is 404. The van der Waals surface area contributed by atoms with E-state index < -0.39 is 5.97 Å². The summed E-state index contributed by atoms with van der Waals surface area (Å²) in [5.41, 5.74) is 2.21. The fourth-order valence-corrected chi connectivity index (χ4v) is 1.88. The van der Waals surface area contributed by atoms with E-state index in [0.717, 1.165) is 11.1 Å². The lowest BCUT2D eigenvalue weighted by Crippen LogP contribution is -2.35. The topological polar surface area (TPSA) is 40.5 Å². The molecule has 1 aromatic rings. The molecule has 0 fully saturated rings. The van der Waals surface area contributed by atoms with Gasteiger partial charge in [-0.1, -0.05) is 17.7 Å². The van der Waals surface area contributed by atoms with Gasteiger partial charge in [-0.3, -0.25) is 9.69 Å². The molecule has 0 aromatic heterocycles. The zero-order valence-corrected chi connectivity index (χ0v) is 11.2. The lowest BCUT2D eigenvalue weighted by Gasteiger charge is -2.25. The van der Waals surface area contributed by atoms with Crippen molar-refractivity contribution < 1.29 is 9.90 Å². The van der Waals surface area contributed by atoms with E-state index in [1.807, 2.05) is 43.9 Å². The molecular weight excluding hydrogens is 238 g/mol. The van der Waals surface area contributed by atoms with Crippen LogP contribution in [0.3, 0.4) is 0 Å². The maximum Gasteiger partial charge on any atom is 0.317 e. The minimum Gasteiger partial charge on any atom is -0.480 e. The number of hydrogen-bond donors (Lipinski definition) is 1. The Morgan fingerprint density at radius 1 is 1.47 bits per heavy atom. The fraction of sp³-hybridized carbons (Fsp3) is 0.462. The van der Waals surface area contributed by atoms with Crippen molar-refractivity contribution in [1.82, 2.24) is 4.90 Å². The Balaban J connectivity index is 2.82. The molecule has 0 bridgehead atoms. The highest BCUT2D eigenvalue weighted by Gasteiger charge is 2.14. The predicted octanol–water partition coefficient (Wildman–Crippen LogP) is 2.94. The number of hydrogen-bond acceptors (Lipinski definition) is 2. The molecule has 0 atom stereocenters. The van der Waals surface area contributed by atoms with Crippen molar-refractivity contribution in [3.05, 3.63) is 34.3 Å². The van der Waals surface area contributed by atoms with Gasteiger partial charge in [-0.25, -0.2) is 0 Å². The van der Waals surface area contributed by atoms with Crippen molar-refractivity contribution in [2.24, 2.45) is 0 Å². The molecule has 0 aliphatic carbocycles. The maximum atomic E-state index is 10.8. The molecule has 17 heavy (non-hydrogen) atoms. The second-order valence-electron chi connectivity index (χ2n) is 4.46. The van der Waals surface area contributed by atoms with Crippen LogP contribution in [-0.2, 0) is 11.3 Å². The number of nitrogens with zero attached hydrogens (tertiary/aromatic N) is 1. The Labute approximate surface area is 107 Å². The van der Waals surface area contributed by atoms with E-state index in [4.69, 9.17) is 16.7 Å². The molecule has 1 rings (SSSR count). The molecule has 4 heteroatoms. The molecule has 0 saturated heterocycles. The molecule has 0 radical (unpaired) electrons. The van der Waals surface area contributed by atoms with E-state index >= 15 is 0 Å². The highest BCUT2D eigenvalue weighted by atomic mass is 35.5. The van der Waals surface area contributed by atoms with Gasteiger partial charge in [-0.05, 0) is 44.0 Å². The number of aryl methyl sites for hydroxylation is 1. The van der Waals surface area contributed by atoms with Gasteiger partial charge in [-0.15, -0.1) is 0 Å². The summed E-state index contributed by atoms with van der Waals surface area (Å²) in [5.74, 6) is -0.801. The molecule has 1 N–H and O–H groups in total. The fourth-order valence-electron chi connectivity index (χ4n) is 1.65. The van der Waals surface area contributed by atoms with Crippen LogP contribution in [0.15, 0.2) is 18.2 Å². The number of benzene rings is 1. The van der Waals surface area contributed by atoms with Crippen LogP contribution in [-0.4, -0.2) is 28.6 Å². The van der Waals surface area contributed by atoms with Crippen molar-refractivity contribution in [2.45, 2.75) is 33.4 Å². The van der Waals surface area contributed by atoms with E-state index in [-0.39, 0.29) is 12.6 Å². The van der Waals surface area contributed by atoms with Crippen molar-refractivity contribution in [3.8, 4) is 0 Å². The Morgan fingerprint density at radius 2 is 2.12 bits per heavy atom. The number of carbonyl (C=O) groups is 1. The second-order valence-corrected chi connectivity index (χ2v) is 4.90. The molecule has 0 spiro atoms. The van der Waals surface area contributed by atoms with Gasteiger partial charge in [-0.2, -0.15) is 0 Å². The first kappa shape index (κ1) is 14.0. The number of rotatable bonds is 5. The third-order valence-corrected chi connectivity index (χ3v) is 2.98. The summed E-state index contributed by atoms with van der Waals surface area (Å²) in [7, 11) is 0. The van der Waals surface area contributed by atoms with Gasteiger partial charge >= 0.3 is 5.97 Å². The van der Waals surface area contributed by atoms with E-state index in [2.05, 4.69) is 0 Å². The summed E-state index contributed by atoms with van der Waals surface area (Å²) >= 11 is 5.89. The molecule has 0 saturated carbocycles. The van der Waals surface area contributed by atoms with Crippen LogP contribution in [0.2, 0.25) is 5.02 Å². The van der Waals surface area contributed by atoms with Crippen LogP contribution in [0.1, 0.15) is 25.0 Å². The van der Waals surface area contributed by atoms with Crippen molar-refractivity contribution in [3.63, 3.8) is 0 Å². The largest absolute Gasteiger partial charge is 0.480 e. The zero-order valence-electron chi connectivity index (χ0n) is 10.4. The summed E-state index contributed by atoms with van der Waals surface area (Å²) in [4.78, 5) is 12.7. The second kappa shape index (κ2) is 6.03. The van der Waals surface area contributed by atoms with Crippen LogP contribution in [0.5, 0.6) is 0 Å². The van der Waals surface area contributed by atoms with Gasteiger partial charge in [0.15, 0.2) is 0 Å². The number of halogens is 1. The Hall–Kier alpha value is -1.06. The third kappa shape index (κ3) is 4.36. The first-order chi connectivity index (χ1) is 7.90. The summed E-state index contributed by atoms with van der Waals surface area (Å²) in [6.45, 7) is 6.66. The smallest absolute Gasteiger partial charge is 0.317 e. The van der Waals surface area contributed by atoms with Gasteiger partial charge in [0, 0.05) is 17.6 Å². The summed E-state index contributed by atoms with van der Waals surface area (Å²) in [6, 6.07) is 5.88. The highest BCUT2D eigenvalue weighted by Crippen LogP contribution is 2.17. The average molecular weight is 256 g/mol. The van der Waals surface area contributed by atoms with Crippen LogP contribution in [0.25, 0.3) is 0 Å². The van der Waals surface area contributed by atoms with Crippen molar-refractivity contribution >= 4 is 17.6 Å². The summed E-state index contributed by atoms with van der Waals surface area (Å²) < 4.78 is 0. The first-order valence-electron chi connectivity index (χ1n) is 5.61. The summed E-state index contributed by atoms with van der Waals surface area (Å²) in [6.07, 6.45) is 0. The lowest BCUT2D eigenvalue weighted by molar-refractivity contribution is -0.138. The molecule has 0 amide bonds. The zero-order chi connectivity index (χ0) is 13.0. The Morgan fingerprint density at radius 3 is 2.59 bits per heavy atom. The van der Waals surface area contributed by atoms with Gasteiger partial charge in [0.2, 0.25) is 0 Å². The van der Waals surface area contributed by atoms with Crippen molar-refractivity contribution in [2.75, 3.05) is 6.54 Å². The van der Waals surface area contributed by atoms with Gasteiger partial charge < -0.3 is 5.11 Å². The number of aliphatic carboxylic acids is 1. The van der Waals surface area contributed by atoms with Gasteiger partial charge in [0.1, 0.15) is 0 Å². The molecule has 3 nitrogen and oxygen atoms in total. The Kier molecular flexibility index (Phi) is 4.97. The SMILES string of the molecule is Cc1cc(Cl)ccc1CN(CC(=O)O)C(C)C. The number of carboxylic acids is 1. The van der Waals surface area contributed by atoms with E-state index in [1.54, 1.807) is 0 Å². The molecular formula is C13H18ClNO2. The molecule has 0 unspecified atom stereocenters. The standard InChI is InChI=1S/C13H18ClNO2/c1-9(2)15(8-13(16)17)7-11-4-5-12(14)6-10(11)3/h4-6,9H,7-8H2,1-3H3,(H,16,17). The lowest BCUT2D eigenvalue weighted by atomic mass is 10.1. The van der Waals surface area contributed by atoms with Gasteiger partial charge in [0.25, 0.3) is 0 Å². The minimum atomic E-state index is -0.801. The van der Waals surface area contributed by atoms with Crippen LogP contribution in [0, 0.1) is 6.92 Å². The van der Waals surface area contributed by atoms with Gasteiger partial charge in [0.05, 0.1) is 6.54 Å². The molecule has 0 aliphatic rings.